The fourth-order valence-electron chi connectivity index (χ4n) is 2.27. The molecule has 1 aliphatic rings. The minimum atomic E-state index is -0.186. The van der Waals surface area contributed by atoms with Crippen molar-refractivity contribution in [3.05, 3.63) is 23.8 Å². The van der Waals surface area contributed by atoms with Crippen LogP contribution in [0.3, 0.4) is 0 Å². The highest BCUT2D eigenvalue weighted by Crippen LogP contribution is 2.35. The molecule has 1 atom stereocenters. The van der Waals surface area contributed by atoms with Gasteiger partial charge in [0.15, 0.2) is 0 Å². The molecule has 1 aromatic rings. The topological polar surface area (TPSA) is 38.3 Å². The summed E-state index contributed by atoms with van der Waals surface area (Å²) in [6.07, 6.45) is 0. The summed E-state index contributed by atoms with van der Waals surface area (Å²) in [5.74, 6) is 0.978. The second-order valence-electron chi connectivity index (χ2n) is 4.78. The number of methoxy groups -OCH3 is 1. The second-order valence-corrected chi connectivity index (χ2v) is 5.91. The number of carbonyl (C=O) groups is 1. The maximum atomic E-state index is 11.9. The minimum absolute atomic E-state index is 0.159. The Kier molecular flexibility index (Phi) is 4.17. The van der Waals surface area contributed by atoms with E-state index in [1.54, 1.807) is 0 Å². The highest BCUT2D eigenvalue weighted by molar-refractivity contribution is 7.99. The van der Waals surface area contributed by atoms with Crippen LogP contribution < -0.4 is 5.32 Å². The van der Waals surface area contributed by atoms with Gasteiger partial charge in [0.2, 0.25) is 0 Å². The lowest BCUT2D eigenvalue weighted by Gasteiger charge is -2.22. The summed E-state index contributed by atoms with van der Waals surface area (Å²) in [6.45, 7) is 5.07. The van der Waals surface area contributed by atoms with Gasteiger partial charge in [-0.1, -0.05) is 19.9 Å². The predicted octanol–water partition coefficient (Wildman–Crippen LogP) is 3.12. The van der Waals surface area contributed by atoms with Crippen LogP contribution in [-0.4, -0.2) is 25.4 Å². The van der Waals surface area contributed by atoms with Crippen molar-refractivity contribution in [2.75, 3.05) is 24.7 Å². The molecular formula is C14H19NO2S. The predicted molar refractivity (Wildman–Crippen MR) is 75.3 cm³/mol. The number of thioether (sulfide) groups is 1. The average molecular weight is 265 g/mol. The molecule has 0 spiro atoms. The zero-order chi connectivity index (χ0) is 13.1. The Morgan fingerprint density at radius 2 is 2.22 bits per heavy atom. The number of fused-ring (bicyclic) bond motifs is 1. The zero-order valence-corrected chi connectivity index (χ0v) is 11.8. The van der Waals surface area contributed by atoms with E-state index in [4.69, 9.17) is 4.74 Å². The molecule has 0 radical (unpaired) electrons. The minimum Gasteiger partial charge on any atom is -0.469 e. The molecule has 1 aliphatic heterocycles. The molecular weight excluding hydrogens is 246 g/mol. The van der Waals surface area contributed by atoms with Gasteiger partial charge < -0.3 is 10.1 Å². The Bertz CT molecular complexity index is 445. The van der Waals surface area contributed by atoms with E-state index in [9.17, 15) is 4.79 Å². The monoisotopic (exact) mass is 265 g/mol. The lowest BCUT2D eigenvalue weighted by molar-refractivity contribution is -0.143. The number of anilines is 1. The number of hydrogen-bond donors (Lipinski definition) is 1. The van der Waals surface area contributed by atoms with Crippen LogP contribution in [0, 0.1) is 5.92 Å². The Balaban J connectivity index is 2.33. The standard InChI is InChI=1S/C14H19NO2S/c1-9(2)13(14(16)17-3)10-4-5-12-11(8-10)15-6-7-18-12/h4-5,8-9,13,15H,6-7H2,1-3H3. The molecule has 0 bridgehead atoms. The Morgan fingerprint density at radius 3 is 2.89 bits per heavy atom. The third-order valence-electron chi connectivity index (χ3n) is 3.16. The van der Waals surface area contributed by atoms with Gasteiger partial charge in [0, 0.05) is 22.9 Å². The summed E-state index contributed by atoms with van der Waals surface area (Å²) in [4.78, 5) is 13.1. The van der Waals surface area contributed by atoms with Gasteiger partial charge >= 0.3 is 5.97 Å². The van der Waals surface area contributed by atoms with Crippen molar-refractivity contribution in [3.63, 3.8) is 0 Å². The molecule has 98 valence electrons. The van der Waals surface area contributed by atoms with E-state index in [2.05, 4.69) is 17.4 Å². The van der Waals surface area contributed by atoms with Gasteiger partial charge in [-0.3, -0.25) is 4.79 Å². The molecule has 1 N–H and O–H groups in total. The molecule has 2 rings (SSSR count). The smallest absolute Gasteiger partial charge is 0.313 e. The van der Waals surface area contributed by atoms with Crippen LogP contribution in [0.4, 0.5) is 5.69 Å². The van der Waals surface area contributed by atoms with Crippen LogP contribution in [0.2, 0.25) is 0 Å². The molecule has 1 unspecified atom stereocenters. The number of carbonyl (C=O) groups excluding carboxylic acids is 1. The van der Waals surface area contributed by atoms with Gasteiger partial charge in [-0.2, -0.15) is 0 Å². The van der Waals surface area contributed by atoms with E-state index in [0.29, 0.717) is 0 Å². The normalized spacial score (nSPS) is 15.8. The largest absolute Gasteiger partial charge is 0.469 e. The van der Waals surface area contributed by atoms with Gasteiger partial charge in [0.25, 0.3) is 0 Å². The second kappa shape index (κ2) is 5.65. The molecule has 0 amide bonds. The van der Waals surface area contributed by atoms with Crippen LogP contribution in [0.5, 0.6) is 0 Å². The van der Waals surface area contributed by atoms with Crippen LogP contribution in [0.15, 0.2) is 23.1 Å². The van der Waals surface area contributed by atoms with E-state index in [-0.39, 0.29) is 17.8 Å². The van der Waals surface area contributed by atoms with Gasteiger partial charge in [-0.05, 0) is 23.6 Å². The van der Waals surface area contributed by atoms with Crippen LogP contribution in [0.1, 0.15) is 25.3 Å². The number of ether oxygens (including phenoxy) is 1. The number of rotatable bonds is 3. The molecule has 0 fully saturated rings. The first-order chi connectivity index (χ1) is 8.63. The van der Waals surface area contributed by atoms with Gasteiger partial charge in [0.05, 0.1) is 13.0 Å². The summed E-state index contributed by atoms with van der Waals surface area (Å²) in [5, 5.41) is 3.38. The van der Waals surface area contributed by atoms with Crippen LogP contribution >= 0.6 is 11.8 Å². The first-order valence-electron chi connectivity index (χ1n) is 6.22. The maximum absolute atomic E-state index is 11.9. The Hall–Kier alpha value is -1.16. The number of nitrogens with one attached hydrogen (secondary N) is 1. The summed E-state index contributed by atoms with van der Waals surface area (Å²) < 4.78 is 4.91. The van der Waals surface area contributed by atoms with E-state index in [1.807, 2.05) is 31.7 Å². The molecule has 0 saturated carbocycles. The SMILES string of the molecule is COC(=O)C(c1ccc2c(c1)NCCS2)C(C)C. The van der Waals surface area contributed by atoms with Crippen LogP contribution in [-0.2, 0) is 9.53 Å². The average Bonchev–Trinajstić information content (AvgIpc) is 2.38. The highest BCUT2D eigenvalue weighted by atomic mass is 32.2. The molecule has 1 heterocycles. The van der Waals surface area contributed by atoms with E-state index in [0.717, 1.165) is 23.5 Å². The first kappa shape index (κ1) is 13.3. The zero-order valence-electron chi connectivity index (χ0n) is 11.0. The Labute approximate surface area is 112 Å². The molecule has 18 heavy (non-hydrogen) atoms. The highest BCUT2D eigenvalue weighted by Gasteiger charge is 2.26. The quantitative estimate of drug-likeness (QED) is 0.852. The van der Waals surface area contributed by atoms with E-state index >= 15 is 0 Å². The number of esters is 1. The molecule has 0 aromatic heterocycles. The van der Waals surface area contributed by atoms with Gasteiger partial charge in [0.1, 0.15) is 0 Å². The van der Waals surface area contributed by atoms with E-state index < -0.39 is 0 Å². The third kappa shape index (κ3) is 2.64. The fourth-order valence-corrected chi connectivity index (χ4v) is 3.15. The van der Waals surface area contributed by atoms with Crippen LogP contribution in [0.25, 0.3) is 0 Å². The van der Waals surface area contributed by atoms with Gasteiger partial charge in [-0.25, -0.2) is 0 Å². The lowest BCUT2D eigenvalue weighted by atomic mass is 9.88. The molecule has 0 saturated heterocycles. The fraction of sp³-hybridized carbons (Fsp3) is 0.500. The van der Waals surface area contributed by atoms with Gasteiger partial charge in [-0.15, -0.1) is 11.8 Å². The number of benzene rings is 1. The first-order valence-corrected chi connectivity index (χ1v) is 7.20. The Morgan fingerprint density at radius 1 is 1.44 bits per heavy atom. The molecule has 4 heteroatoms. The summed E-state index contributed by atoms with van der Waals surface area (Å²) in [5.41, 5.74) is 2.17. The van der Waals surface area contributed by atoms with E-state index in [1.165, 1.54) is 12.0 Å². The lowest BCUT2D eigenvalue weighted by Crippen LogP contribution is -2.20. The maximum Gasteiger partial charge on any atom is 0.313 e. The summed E-state index contributed by atoms with van der Waals surface area (Å²) in [6, 6.07) is 6.23. The van der Waals surface area contributed by atoms with Crippen molar-refractivity contribution >= 4 is 23.4 Å². The number of hydrogen-bond acceptors (Lipinski definition) is 4. The molecule has 0 aliphatic carbocycles. The van der Waals surface area contributed by atoms with Crippen molar-refractivity contribution < 1.29 is 9.53 Å². The molecule has 1 aromatic carbocycles. The van der Waals surface area contributed by atoms with Crippen molar-refractivity contribution in [2.45, 2.75) is 24.7 Å². The summed E-state index contributed by atoms with van der Waals surface area (Å²) in [7, 11) is 1.45. The van der Waals surface area contributed by atoms with Crippen molar-refractivity contribution in [1.29, 1.82) is 0 Å². The molecule has 3 nitrogen and oxygen atoms in total. The van der Waals surface area contributed by atoms with Crippen molar-refractivity contribution in [1.82, 2.24) is 0 Å². The van der Waals surface area contributed by atoms with Crippen molar-refractivity contribution in [2.24, 2.45) is 5.92 Å². The third-order valence-corrected chi connectivity index (χ3v) is 4.23. The summed E-state index contributed by atoms with van der Waals surface area (Å²) >= 11 is 1.85. The van der Waals surface area contributed by atoms with Crippen molar-refractivity contribution in [3.8, 4) is 0 Å².